The Bertz CT molecular complexity index is 737. The van der Waals surface area contributed by atoms with E-state index in [9.17, 15) is 4.79 Å². The summed E-state index contributed by atoms with van der Waals surface area (Å²) in [6, 6.07) is 27.3. The highest BCUT2D eigenvalue weighted by atomic mass is 127. The average molecular weight is 401 g/mol. The first kappa shape index (κ1) is 14.8. The van der Waals surface area contributed by atoms with Gasteiger partial charge in [0, 0.05) is 0 Å². The molecular formula is C19H14IO2+. The second-order valence-corrected chi connectivity index (χ2v) is 7.63. The molecule has 3 rings (SSSR count). The SMILES string of the molecule is O=C(Oc1ccc([I+]c2ccccc2)cc1)c1ccccc1. The first-order chi connectivity index (χ1) is 10.8. The molecule has 0 bridgehead atoms. The Morgan fingerprint density at radius 3 is 1.86 bits per heavy atom. The summed E-state index contributed by atoms with van der Waals surface area (Å²) in [6.07, 6.45) is 0. The van der Waals surface area contributed by atoms with E-state index < -0.39 is 0 Å². The van der Waals surface area contributed by atoms with Crippen molar-refractivity contribution < 1.29 is 30.7 Å². The summed E-state index contributed by atoms with van der Waals surface area (Å²) >= 11 is -0.190. The number of hydrogen-bond donors (Lipinski definition) is 0. The molecule has 0 aliphatic carbocycles. The molecule has 0 saturated heterocycles. The molecule has 0 N–H and O–H groups in total. The number of esters is 1. The normalized spacial score (nSPS) is 10.2. The quantitative estimate of drug-likeness (QED) is 0.371. The lowest BCUT2D eigenvalue weighted by molar-refractivity contribution is -0.597. The second kappa shape index (κ2) is 7.22. The van der Waals surface area contributed by atoms with Gasteiger partial charge < -0.3 is 4.74 Å². The van der Waals surface area contributed by atoms with E-state index in [1.54, 1.807) is 12.1 Å². The van der Waals surface area contributed by atoms with Crippen LogP contribution in [0.5, 0.6) is 5.75 Å². The van der Waals surface area contributed by atoms with Gasteiger partial charge in [0.1, 0.15) is 5.75 Å². The van der Waals surface area contributed by atoms with Crippen LogP contribution in [0.1, 0.15) is 10.4 Å². The van der Waals surface area contributed by atoms with E-state index in [0.717, 1.165) is 0 Å². The summed E-state index contributed by atoms with van der Waals surface area (Å²) in [6.45, 7) is 0. The molecule has 22 heavy (non-hydrogen) atoms. The topological polar surface area (TPSA) is 26.3 Å². The van der Waals surface area contributed by atoms with Crippen LogP contribution < -0.4 is 25.9 Å². The Labute approximate surface area is 140 Å². The summed E-state index contributed by atoms with van der Waals surface area (Å²) in [4.78, 5) is 12.0. The van der Waals surface area contributed by atoms with Gasteiger partial charge in [0.05, 0.1) is 5.56 Å². The van der Waals surface area contributed by atoms with Gasteiger partial charge in [-0.3, -0.25) is 0 Å². The van der Waals surface area contributed by atoms with Gasteiger partial charge in [-0.2, -0.15) is 0 Å². The number of carbonyl (C=O) groups excluding carboxylic acids is 1. The zero-order valence-corrected chi connectivity index (χ0v) is 13.9. The number of ether oxygens (including phenoxy) is 1. The van der Waals surface area contributed by atoms with Crippen molar-refractivity contribution in [2.45, 2.75) is 0 Å². The molecule has 0 fully saturated rings. The van der Waals surface area contributed by atoms with Gasteiger partial charge in [-0.15, -0.1) is 0 Å². The predicted octanol–water partition coefficient (Wildman–Crippen LogP) is 1.03. The second-order valence-electron chi connectivity index (χ2n) is 4.60. The van der Waals surface area contributed by atoms with E-state index in [-0.39, 0.29) is 27.2 Å². The summed E-state index contributed by atoms with van der Waals surface area (Å²) in [7, 11) is 0. The van der Waals surface area contributed by atoms with E-state index >= 15 is 0 Å². The van der Waals surface area contributed by atoms with Crippen molar-refractivity contribution in [2.24, 2.45) is 0 Å². The van der Waals surface area contributed by atoms with Crippen LogP contribution in [-0.4, -0.2) is 5.97 Å². The van der Waals surface area contributed by atoms with Gasteiger partial charge in [0.2, 0.25) is 0 Å². The molecule has 0 aliphatic heterocycles. The van der Waals surface area contributed by atoms with Gasteiger partial charge in [0.25, 0.3) is 0 Å². The van der Waals surface area contributed by atoms with Crippen LogP contribution in [0.15, 0.2) is 84.9 Å². The predicted molar refractivity (Wildman–Crippen MR) is 81.7 cm³/mol. The smallest absolute Gasteiger partial charge is 0.357 e. The maximum atomic E-state index is 12.0. The fourth-order valence-corrected chi connectivity index (χ4v) is 4.12. The highest BCUT2D eigenvalue weighted by molar-refractivity contribution is 5.90. The molecule has 3 heteroatoms. The highest BCUT2D eigenvalue weighted by Gasteiger charge is 2.15. The van der Waals surface area contributed by atoms with Gasteiger partial charge >= 0.3 is 27.2 Å². The number of benzene rings is 3. The van der Waals surface area contributed by atoms with Crippen LogP contribution in [0, 0.1) is 7.14 Å². The summed E-state index contributed by atoms with van der Waals surface area (Å²) < 4.78 is 8.05. The molecule has 3 aromatic carbocycles. The van der Waals surface area contributed by atoms with E-state index in [1.807, 2.05) is 48.5 Å². The van der Waals surface area contributed by atoms with Crippen LogP contribution in [0.25, 0.3) is 0 Å². The van der Waals surface area contributed by atoms with Crippen molar-refractivity contribution in [1.82, 2.24) is 0 Å². The third-order valence-electron chi connectivity index (χ3n) is 2.99. The van der Waals surface area contributed by atoms with Crippen LogP contribution in [0.2, 0.25) is 0 Å². The zero-order chi connectivity index (χ0) is 15.2. The zero-order valence-electron chi connectivity index (χ0n) is 11.8. The molecular weight excluding hydrogens is 387 g/mol. The first-order valence-electron chi connectivity index (χ1n) is 6.88. The summed E-state index contributed by atoms with van der Waals surface area (Å²) in [5.74, 6) is 0.251. The molecule has 108 valence electrons. The Balaban J connectivity index is 1.66. The number of carbonyl (C=O) groups is 1. The van der Waals surface area contributed by atoms with Crippen LogP contribution in [0.3, 0.4) is 0 Å². The molecule has 0 saturated carbocycles. The number of halogens is 1. The van der Waals surface area contributed by atoms with Gasteiger partial charge in [-0.25, -0.2) is 4.79 Å². The highest BCUT2D eigenvalue weighted by Crippen LogP contribution is 2.11. The lowest BCUT2D eigenvalue weighted by Crippen LogP contribution is -3.61. The van der Waals surface area contributed by atoms with E-state index in [4.69, 9.17) is 4.74 Å². The monoisotopic (exact) mass is 401 g/mol. The van der Waals surface area contributed by atoms with E-state index in [1.165, 1.54) is 7.14 Å². The summed E-state index contributed by atoms with van der Waals surface area (Å²) in [5, 5.41) is 0. The lowest BCUT2D eigenvalue weighted by atomic mass is 10.2. The van der Waals surface area contributed by atoms with Gasteiger partial charge in [-0.05, 0) is 48.5 Å². The minimum absolute atomic E-state index is 0.190. The van der Waals surface area contributed by atoms with E-state index in [2.05, 4.69) is 24.3 Å². The van der Waals surface area contributed by atoms with Gasteiger partial charge in [0.15, 0.2) is 7.14 Å². The standard InChI is InChI=1S/C19H14IO2/c21-19(15-7-3-1-4-8-15)22-18-13-11-17(12-14-18)20-16-9-5-2-6-10-16/h1-14H/q+1. The number of rotatable bonds is 4. The molecule has 2 nitrogen and oxygen atoms in total. The van der Waals surface area contributed by atoms with Crippen LogP contribution in [0.4, 0.5) is 0 Å². The Morgan fingerprint density at radius 1 is 0.682 bits per heavy atom. The molecule has 3 aromatic rings. The van der Waals surface area contributed by atoms with E-state index in [0.29, 0.717) is 11.3 Å². The molecule has 0 amide bonds. The third-order valence-corrected chi connectivity index (χ3v) is 5.67. The maximum absolute atomic E-state index is 12.0. The Morgan fingerprint density at radius 2 is 1.23 bits per heavy atom. The third kappa shape index (κ3) is 3.95. The average Bonchev–Trinajstić information content (AvgIpc) is 2.58. The largest absolute Gasteiger partial charge is 0.423 e. The molecule has 0 atom stereocenters. The first-order valence-corrected chi connectivity index (χ1v) is 9.04. The maximum Gasteiger partial charge on any atom is 0.357 e. The van der Waals surface area contributed by atoms with Crippen LogP contribution >= 0.6 is 0 Å². The fraction of sp³-hybridized carbons (Fsp3) is 0. The number of hydrogen-bond acceptors (Lipinski definition) is 2. The Kier molecular flexibility index (Phi) is 4.85. The van der Waals surface area contributed by atoms with Gasteiger partial charge in [-0.1, -0.05) is 36.4 Å². The Hall–Kier alpha value is -2.14. The summed E-state index contributed by atoms with van der Waals surface area (Å²) in [5.41, 5.74) is 0.559. The van der Waals surface area contributed by atoms with Crippen molar-refractivity contribution in [2.75, 3.05) is 0 Å². The van der Waals surface area contributed by atoms with Crippen molar-refractivity contribution in [3.05, 3.63) is 97.6 Å². The minimum atomic E-state index is -0.328. The van der Waals surface area contributed by atoms with Crippen molar-refractivity contribution in [3.63, 3.8) is 0 Å². The fourth-order valence-electron chi connectivity index (χ4n) is 1.91. The van der Waals surface area contributed by atoms with Crippen LogP contribution in [-0.2, 0) is 0 Å². The molecule has 0 spiro atoms. The van der Waals surface area contributed by atoms with Crippen molar-refractivity contribution in [3.8, 4) is 5.75 Å². The molecule has 0 aromatic heterocycles. The molecule has 0 heterocycles. The minimum Gasteiger partial charge on any atom is -0.423 e. The molecule has 0 aliphatic rings. The molecule has 0 radical (unpaired) electrons. The van der Waals surface area contributed by atoms with Crippen molar-refractivity contribution >= 4 is 5.97 Å². The lowest BCUT2D eigenvalue weighted by Gasteiger charge is -2.03. The van der Waals surface area contributed by atoms with Crippen molar-refractivity contribution in [1.29, 1.82) is 0 Å². The molecule has 0 unspecified atom stereocenters.